The van der Waals surface area contributed by atoms with E-state index in [0.29, 0.717) is 4.99 Å². The topological polar surface area (TPSA) is 29.3 Å². The van der Waals surface area contributed by atoms with Crippen molar-refractivity contribution < 1.29 is 0 Å². The van der Waals surface area contributed by atoms with Crippen LogP contribution in [0, 0.1) is 11.8 Å². The Morgan fingerprint density at radius 2 is 1.89 bits per heavy atom. The Morgan fingerprint density at radius 3 is 2.50 bits per heavy atom. The van der Waals surface area contributed by atoms with Gasteiger partial charge >= 0.3 is 0 Å². The Labute approximate surface area is 115 Å². The van der Waals surface area contributed by atoms with Gasteiger partial charge < -0.3 is 5.73 Å². The molecule has 0 bridgehead atoms. The lowest BCUT2D eigenvalue weighted by atomic mass is 9.91. The van der Waals surface area contributed by atoms with Crippen LogP contribution in [0.1, 0.15) is 31.4 Å². The number of benzene rings is 1. The first kappa shape index (κ1) is 13.5. The van der Waals surface area contributed by atoms with Gasteiger partial charge in [0.05, 0.1) is 0 Å². The molecule has 0 radical (unpaired) electrons. The molecule has 2 nitrogen and oxygen atoms in total. The molecule has 0 amide bonds. The summed E-state index contributed by atoms with van der Waals surface area (Å²) < 4.78 is 0. The van der Waals surface area contributed by atoms with Crippen LogP contribution in [0.2, 0.25) is 0 Å². The summed E-state index contributed by atoms with van der Waals surface area (Å²) in [6.45, 7) is 7.98. The molecule has 1 heterocycles. The fraction of sp³-hybridized carbons (Fsp3) is 0.533. The second-order valence-electron chi connectivity index (χ2n) is 5.66. The van der Waals surface area contributed by atoms with E-state index in [1.165, 1.54) is 25.1 Å². The predicted octanol–water partition coefficient (Wildman–Crippen LogP) is 2.80. The summed E-state index contributed by atoms with van der Waals surface area (Å²) in [7, 11) is 0. The molecule has 3 heteroatoms. The molecule has 2 rings (SSSR count). The van der Waals surface area contributed by atoms with Crippen molar-refractivity contribution >= 4 is 17.2 Å². The van der Waals surface area contributed by atoms with Crippen molar-refractivity contribution in [3.8, 4) is 0 Å². The van der Waals surface area contributed by atoms with E-state index in [-0.39, 0.29) is 0 Å². The minimum atomic E-state index is 0.503. The Kier molecular flexibility index (Phi) is 4.36. The van der Waals surface area contributed by atoms with Crippen LogP contribution in [0.4, 0.5) is 0 Å². The van der Waals surface area contributed by atoms with Crippen molar-refractivity contribution in [1.29, 1.82) is 0 Å². The summed E-state index contributed by atoms with van der Waals surface area (Å²) in [4.78, 5) is 3.03. The summed E-state index contributed by atoms with van der Waals surface area (Å²) in [6, 6.07) is 8.22. The summed E-state index contributed by atoms with van der Waals surface area (Å²) in [5.41, 5.74) is 8.07. The first-order chi connectivity index (χ1) is 8.56. The third-order valence-corrected chi connectivity index (χ3v) is 3.84. The molecule has 1 aliphatic heterocycles. The van der Waals surface area contributed by atoms with E-state index in [9.17, 15) is 0 Å². The van der Waals surface area contributed by atoms with Gasteiger partial charge in [-0.15, -0.1) is 0 Å². The standard InChI is InChI=1S/C15H22N2S/c1-11-7-12(2)9-17(8-11)10-13-5-3-4-6-14(13)15(16)18/h3-6,11-12H,7-10H2,1-2H3,(H2,16,18). The van der Waals surface area contributed by atoms with Crippen LogP contribution in [0.5, 0.6) is 0 Å². The molecular formula is C15H22N2S. The van der Waals surface area contributed by atoms with Gasteiger partial charge in [-0.1, -0.05) is 50.3 Å². The van der Waals surface area contributed by atoms with Gasteiger partial charge in [0, 0.05) is 25.2 Å². The number of likely N-dealkylation sites (tertiary alicyclic amines) is 1. The monoisotopic (exact) mass is 262 g/mol. The van der Waals surface area contributed by atoms with Crippen LogP contribution in [0.25, 0.3) is 0 Å². The number of hydrogen-bond acceptors (Lipinski definition) is 2. The number of nitrogens with zero attached hydrogens (tertiary/aromatic N) is 1. The summed E-state index contributed by atoms with van der Waals surface area (Å²) in [6.07, 6.45) is 1.34. The average Bonchev–Trinajstić information content (AvgIpc) is 2.27. The van der Waals surface area contributed by atoms with E-state index in [1.54, 1.807) is 0 Å². The molecule has 1 aromatic rings. The molecule has 0 spiro atoms. The molecular weight excluding hydrogens is 240 g/mol. The smallest absolute Gasteiger partial charge is 0.104 e. The molecule has 98 valence electrons. The minimum Gasteiger partial charge on any atom is -0.389 e. The number of rotatable bonds is 3. The second kappa shape index (κ2) is 5.81. The number of nitrogens with two attached hydrogens (primary N) is 1. The van der Waals surface area contributed by atoms with Crippen LogP contribution < -0.4 is 5.73 Å². The first-order valence-electron chi connectivity index (χ1n) is 6.66. The van der Waals surface area contributed by atoms with Crippen LogP contribution in [-0.4, -0.2) is 23.0 Å². The zero-order valence-electron chi connectivity index (χ0n) is 11.2. The van der Waals surface area contributed by atoms with Gasteiger partial charge in [-0.3, -0.25) is 4.90 Å². The highest BCUT2D eigenvalue weighted by atomic mass is 32.1. The molecule has 0 aromatic heterocycles. The lowest BCUT2D eigenvalue weighted by molar-refractivity contribution is 0.134. The minimum absolute atomic E-state index is 0.503. The fourth-order valence-corrected chi connectivity index (χ4v) is 3.26. The molecule has 1 fully saturated rings. The van der Waals surface area contributed by atoms with Crippen LogP contribution >= 0.6 is 12.2 Å². The molecule has 1 saturated heterocycles. The quantitative estimate of drug-likeness (QED) is 0.849. The van der Waals surface area contributed by atoms with E-state index in [0.717, 1.165) is 23.9 Å². The Hall–Kier alpha value is -0.930. The Morgan fingerprint density at radius 1 is 1.28 bits per heavy atom. The van der Waals surface area contributed by atoms with E-state index >= 15 is 0 Å². The van der Waals surface area contributed by atoms with Crippen LogP contribution in [0.3, 0.4) is 0 Å². The van der Waals surface area contributed by atoms with Crippen molar-refractivity contribution in [1.82, 2.24) is 4.90 Å². The summed E-state index contributed by atoms with van der Waals surface area (Å²) >= 11 is 5.12. The van der Waals surface area contributed by atoms with Gasteiger partial charge in [-0.2, -0.15) is 0 Å². The third kappa shape index (κ3) is 3.30. The second-order valence-corrected chi connectivity index (χ2v) is 6.10. The highest BCUT2D eigenvalue weighted by Gasteiger charge is 2.22. The molecule has 2 unspecified atom stereocenters. The third-order valence-electron chi connectivity index (χ3n) is 3.62. The van der Waals surface area contributed by atoms with Crippen molar-refractivity contribution in [3.63, 3.8) is 0 Å². The van der Waals surface area contributed by atoms with Gasteiger partial charge in [0.15, 0.2) is 0 Å². The summed E-state index contributed by atoms with van der Waals surface area (Å²) in [5.74, 6) is 1.57. The SMILES string of the molecule is CC1CC(C)CN(Cc2ccccc2C(N)=S)C1. The summed E-state index contributed by atoms with van der Waals surface area (Å²) in [5, 5.41) is 0. The van der Waals surface area contributed by atoms with E-state index in [4.69, 9.17) is 18.0 Å². The largest absolute Gasteiger partial charge is 0.389 e. The maximum absolute atomic E-state index is 5.79. The lowest BCUT2D eigenvalue weighted by Crippen LogP contribution is -2.38. The molecule has 18 heavy (non-hydrogen) atoms. The van der Waals surface area contributed by atoms with Gasteiger partial charge in [-0.25, -0.2) is 0 Å². The van der Waals surface area contributed by atoms with Crippen molar-refractivity contribution in [2.75, 3.05) is 13.1 Å². The first-order valence-corrected chi connectivity index (χ1v) is 7.07. The average molecular weight is 262 g/mol. The normalized spacial score (nSPS) is 25.0. The molecule has 2 N–H and O–H groups in total. The van der Waals surface area contributed by atoms with Crippen molar-refractivity contribution in [2.24, 2.45) is 17.6 Å². The van der Waals surface area contributed by atoms with Crippen molar-refractivity contribution in [2.45, 2.75) is 26.8 Å². The maximum atomic E-state index is 5.79. The number of thiocarbonyl (C=S) groups is 1. The Bertz CT molecular complexity index is 420. The van der Waals surface area contributed by atoms with Crippen LogP contribution in [0.15, 0.2) is 24.3 Å². The highest BCUT2D eigenvalue weighted by molar-refractivity contribution is 7.80. The zero-order chi connectivity index (χ0) is 13.1. The number of hydrogen-bond donors (Lipinski definition) is 1. The van der Waals surface area contributed by atoms with Gasteiger partial charge in [-0.05, 0) is 23.8 Å². The van der Waals surface area contributed by atoms with Gasteiger partial charge in [0.2, 0.25) is 0 Å². The highest BCUT2D eigenvalue weighted by Crippen LogP contribution is 2.23. The van der Waals surface area contributed by atoms with E-state index in [2.05, 4.69) is 30.9 Å². The zero-order valence-corrected chi connectivity index (χ0v) is 12.0. The molecule has 0 saturated carbocycles. The van der Waals surface area contributed by atoms with Crippen LogP contribution in [-0.2, 0) is 6.54 Å². The maximum Gasteiger partial charge on any atom is 0.104 e. The van der Waals surface area contributed by atoms with Gasteiger partial charge in [0.25, 0.3) is 0 Å². The molecule has 1 aliphatic rings. The Balaban J connectivity index is 2.11. The lowest BCUT2D eigenvalue weighted by Gasteiger charge is -2.35. The number of piperidine rings is 1. The fourth-order valence-electron chi connectivity index (χ4n) is 3.06. The van der Waals surface area contributed by atoms with Crippen molar-refractivity contribution in [3.05, 3.63) is 35.4 Å². The molecule has 2 atom stereocenters. The van der Waals surface area contributed by atoms with E-state index < -0.39 is 0 Å². The molecule has 0 aliphatic carbocycles. The van der Waals surface area contributed by atoms with Gasteiger partial charge in [0.1, 0.15) is 4.99 Å². The predicted molar refractivity (Wildman–Crippen MR) is 80.6 cm³/mol. The molecule has 1 aromatic carbocycles. The van der Waals surface area contributed by atoms with E-state index in [1.807, 2.05) is 12.1 Å².